The number of rotatable bonds is 22. The number of carboxylic acid groups (broad SMARTS) is 1. The number of amides is 1. The summed E-state index contributed by atoms with van der Waals surface area (Å²) >= 11 is 0. The molecule has 0 aliphatic heterocycles. The molecule has 0 aromatic heterocycles. The zero-order valence-corrected chi connectivity index (χ0v) is 22.2. The zero-order chi connectivity index (χ0) is 22.3. The molecule has 1 amide bonds. The molecule has 0 spiro atoms. The first-order valence-corrected chi connectivity index (χ1v) is 12.1. The smallest absolute Gasteiger partial charge is 1.00 e. The molecule has 7 heteroatoms. The van der Waals surface area contributed by atoms with Gasteiger partial charge in [-0.1, -0.05) is 70.4 Å². The van der Waals surface area contributed by atoms with Crippen LogP contribution in [0.2, 0.25) is 0 Å². The van der Waals surface area contributed by atoms with Crippen molar-refractivity contribution in [2.24, 2.45) is 0 Å². The molecular formula is C24H47N2NaO4. The number of carbonyl (C=O) groups is 2. The summed E-state index contributed by atoms with van der Waals surface area (Å²) in [6, 6.07) is 0. The van der Waals surface area contributed by atoms with Crippen LogP contribution in [0.25, 0.3) is 0 Å². The molecule has 0 aromatic carbocycles. The van der Waals surface area contributed by atoms with Gasteiger partial charge in [0, 0.05) is 26.1 Å². The van der Waals surface area contributed by atoms with E-state index < -0.39 is 5.97 Å². The molecule has 0 atom stereocenters. The van der Waals surface area contributed by atoms with E-state index in [-0.39, 0.29) is 50.0 Å². The molecule has 6 nitrogen and oxygen atoms in total. The maximum Gasteiger partial charge on any atom is 1.00 e. The van der Waals surface area contributed by atoms with Gasteiger partial charge in [0.1, 0.15) is 0 Å². The number of carboxylic acids is 1. The first kappa shape index (κ1) is 32.8. The Balaban J connectivity index is -0.00000420. The Kier molecular flexibility index (Phi) is 27.3. The molecule has 0 unspecified atom stereocenters. The van der Waals surface area contributed by atoms with Crippen molar-refractivity contribution in [2.45, 2.75) is 96.8 Å². The number of unbranched alkanes of at least 4 members (excludes halogenated alkanes) is 11. The van der Waals surface area contributed by atoms with Gasteiger partial charge in [-0.3, -0.25) is 14.5 Å². The second kappa shape index (κ2) is 25.9. The van der Waals surface area contributed by atoms with Crippen LogP contribution in [0.4, 0.5) is 0 Å². The average molecular weight is 451 g/mol. The second-order valence-corrected chi connectivity index (χ2v) is 8.08. The van der Waals surface area contributed by atoms with Crippen LogP contribution in [0.15, 0.2) is 12.2 Å². The summed E-state index contributed by atoms with van der Waals surface area (Å²) < 4.78 is 0. The van der Waals surface area contributed by atoms with E-state index in [1.54, 1.807) is 4.90 Å². The van der Waals surface area contributed by atoms with Gasteiger partial charge < -0.3 is 17.0 Å². The molecule has 0 aromatic rings. The topological polar surface area (TPSA) is 89.9 Å². The summed E-state index contributed by atoms with van der Waals surface area (Å²) in [6.07, 6.45) is 21.3. The zero-order valence-electron chi connectivity index (χ0n) is 21.2. The van der Waals surface area contributed by atoms with Crippen molar-refractivity contribution in [1.82, 2.24) is 10.2 Å². The molecule has 0 radical (unpaired) electrons. The molecule has 0 saturated carbocycles. The van der Waals surface area contributed by atoms with Crippen molar-refractivity contribution in [2.75, 3.05) is 32.8 Å². The van der Waals surface area contributed by atoms with E-state index in [0.29, 0.717) is 26.1 Å². The molecule has 178 valence electrons. The minimum absolute atomic E-state index is 0. The molecule has 0 fully saturated rings. The van der Waals surface area contributed by atoms with Crippen LogP contribution in [-0.2, 0) is 9.59 Å². The summed E-state index contributed by atoms with van der Waals surface area (Å²) in [7, 11) is 0. The third-order valence-corrected chi connectivity index (χ3v) is 5.19. The Morgan fingerprint density at radius 2 is 1.42 bits per heavy atom. The molecular weight excluding hydrogens is 403 g/mol. The Bertz CT molecular complexity index is 454. The van der Waals surface area contributed by atoms with Crippen molar-refractivity contribution in [3.8, 4) is 0 Å². The van der Waals surface area contributed by atoms with Gasteiger partial charge in [-0.05, 0) is 32.1 Å². The molecule has 0 aliphatic rings. The van der Waals surface area contributed by atoms with Crippen LogP contribution in [0.5, 0.6) is 0 Å². The Morgan fingerprint density at radius 1 is 0.871 bits per heavy atom. The summed E-state index contributed by atoms with van der Waals surface area (Å²) in [5.74, 6) is -0.907. The van der Waals surface area contributed by atoms with E-state index in [9.17, 15) is 9.59 Å². The number of aliphatic hydroxyl groups is 1. The maximum absolute atomic E-state index is 11.8. The van der Waals surface area contributed by atoms with Gasteiger partial charge >= 0.3 is 35.5 Å². The van der Waals surface area contributed by atoms with E-state index in [2.05, 4.69) is 24.4 Å². The standard InChI is InChI=1S/C24H46N2O4.Na.H/c1-2-3-4-5-6-7-8-9-10-11-12-13-14-15-16-17-23(28)25-18-19-26(20-21-27)22-24(29)30;;/h9-10,27H,2-8,11-22H2,1H3,(H,25,28)(H,29,30);;/q;+1;-1/b10-9-;;. The predicted molar refractivity (Wildman–Crippen MR) is 125 cm³/mol. The van der Waals surface area contributed by atoms with Crippen LogP contribution in [0.3, 0.4) is 0 Å². The van der Waals surface area contributed by atoms with Crippen LogP contribution < -0.4 is 34.9 Å². The first-order valence-electron chi connectivity index (χ1n) is 12.1. The minimum atomic E-state index is -0.928. The van der Waals surface area contributed by atoms with E-state index in [1.807, 2.05) is 0 Å². The van der Waals surface area contributed by atoms with Crippen molar-refractivity contribution in [1.29, 1.82) is 0 Å². The van der Waals surface area contributed by atoms with Crippen molar-refractivity contribution >= 4 is 11.9 Å². The predicted octanol–water partition coefficient (Wildman–Crippen LogP) is 1.64. The van der Waals surface area contributed by atoms with E-state index in [4.69, 9.17) is 10.2 Å². The molecule has 0 bridgehead atoms. The monoisotopic (exact) mass is 450 g/mol. The van der Waals surface area contributed by atoms with Crippen molar-refractivity contribution in [3.05, 3.63) is 12.2 Å². The molecule has 31 heavy (non-hydrogen) atoms. The van der Waals surface area contributed by atoms with Gasteiger partial charge in [-0.2, -0.15) is 0 Å². The molecule has 0 saturated heterocycles. The molecule has 3 N–H and O–H groups in total. The number of nitrogens with zero attached hydrogens (tertiary/aromatic N) is 1. The van der Waals surface area contributed by atoms with Gasteiger partial charge in [0.05, 0.1) is 13.2 Å². The number of aliphatic hydroxyl groups excluding tert-OH is 1. The van der Waals surface area contributed by atoms with Gasteiger partial charge in [0.25, 0.3) is 0 Å². The number of hydrogen-bond acceptors (Lipinski definition) is 4. The molecule has 0 aliphatic carbocycles. The van der Waals surface area contributed by atoms with Gasteiger partial charge in [-0.25, -0.2) is 0 Å². The van der Waals surface area contributed by atoms with Gasteiger partial charge in [0.15, 0.2) is 0 Å². The minimum Gasteiger partial charge on any atom is -1.00 e. The number of nitrogens with one attached hydrogen (secondary N) is 1. The van der Waals surface area contributed by atoms with Crippen molar-refractivity contribution in [3.63, 3.8) is 0 Å². The molecule has 0 rings (SSSR count). The van der Waals surface area contributed by atoms with E-state index in [0.717, 1.165) is 19.3 Å². The maximum atomic E-state index is 11.8. The summed E-state index contributed by atoms with van der Waals surface area (Å²) in [5, 5.41) is 20.6. The van der Waals surface area contributed by atoms with Crippen LogP contribution in [0.1, 0.15) is 98.2 Å². The third kappa shape index (κ3) is 25.7. The number of aliphatic carboxylic acids is 1. The fourth-order valence-corrected chi connectivity index (χ4v) is 3.40. The summed E-state index contributed by atoms with van der Waals surface area (Å²) in [4.78, 5) is 24.2. The number of allylic oxidation sites excluding steroid dienone is 2. The fraction of sp³-hybridized carbons (Fsp3) is 0.833. The summed E-state index contributed by atoms with van der Waals surface area (Å²) in [6.45, 7) is 3.20. The normalized spacial score (nSPS) is 11.1. The second-order valence-electron chi connectivity index (χ2n) is 8.08. The SMILES string of the molecule is CCCCCCCC/C=C\CCCCCCCC(=O)NCCN(CCO)CC(=O)O.[H-].[Na+]. The average Bonchev–Trinajstić information content (AvgIpc) is 2.70. The van der Waals surface area contributed by atoms with Gasteiger partial charge in [-0.15, -0.1) is 0 Å². The Hall–Kier alpha value is -0.400. The first-order chi connectivity index (χ1) is 14.6. The summed E-state index contributed by atoms with van der Waals surface area (Å²) in [5.41, 5.74) is 0. The van der Waals surface area contributed by atoms with Crippen molar-refractivity contribution < 1.29 is 50.8 Å². The largest absolute Gasteiger partial charge is 1.00 e. The van der Waals surface area contributed by atoms with Crippen LogP contribution in [-0.4, -0.2) is 59.8 Å². The quantitative estimate of drug-likeness (QED) is 0.133. The third-order valence-electron chi connectivity index (χ3n) is 5.19. The van der Waals surface area contributed by atoms with E-state index in [1.165, 1.54) is 64.2 Å². The van der Waals surface area contributed by atoms with E-state index >= 15 is 0 Å². The molecule has 0 heterocycles. The Morgan fingerprint density at radius 3 is 1.97 bits per heavy atom. The number of carbonyl (C=O) groups excluding carboxylic acids is 1. The number of hydrogen-bond donors (Lipinski definition) is 3. The van der Waals surface area contributed by atoms with Crippen LogP contribution in [0, 0.1) is 0 Å². The Labute approximate surface area is 214 Å². The van der Waals surface area contributed by atoms with Crippen LogP contribution >= 0.6 is 0 Å². The van der Waals surface area contributed by atoms with Gasteiger partial charge in [0.2, 0.25) is 5.91 Å². The fourth-order valence-electron chi connectivity index (χ4n) is 3.40.